The van der Waals surface area contributed by atoms with Crippen molar-refractivity contribution in [1.29, 1.82) is 0 Å². The van der Waals surface area contributed by atoms with Gasteiger partial charge in [0.2, 0.25) is 0 Å². The number of benzene rings is 1. The normalized spacial score (nSPS) is 18.4. The van der Waals surface area contributed by atoms with Crippen LogP contribution in [-0.4, -0.2) is 29.4 Å². The van der Waals surface area contributed by atoms with Crippen LogP contribution in [0.25, 0.3) is 15.8 Å². The number of amidine groups is 1. The second-order valence-electron chi connectivity index (χ2n) is 4.41. The van der Waals surface area contributed by atoms with Crippen LogP contribution in [0.3, 0.4) is 0 Å². The Morgan fingerprint density at radius 2 is 2.21 bits per heavy atom. The van der Waals surface area contributed by atoms with Gasteiger partial charge in [0.25, 0.3) is 0 Å². The quantitative estimate of drug-likeness (QED) is 0.822. The molecule has 2 aromatic rings. The van der Waals surface area contributed by atoms with Crippen LogP contribution in [0.2, 0.25) is 0 Å². The first kappa shape index (κ1) is 11.9. The number of rotatable bonds is 2. The van der Waals surface area contributed by atoms with Crippen molar-refractivity contribution in [2.75, 3.05) is 19.3 Å². The summed E-state index contributed by atoms with van der Waals surface area (Å²) in [5.41, 5.74) is 1.37. The minimum atomic E-state index is 0.929. The van der Waals surface area contributed by atoms with Gasteiger partial charge in [0.1, 0.15) is 0 Å². The smallest absolute Gasteiger partial charge is 0.169 e. The lowest BCUT2D eigenvalue weighted by molar-refractivity contribution is 0.651. The van der Waals surface area contributed by atoms with E-state index in [9.17, 15) is 0 Å². The molecule has 96 valence electrons. The summed E-state index contributed by atoms with van der Waals surface area (Å²) in [5, 5.41) is 2.52. The van der Waals surface area contributed by atoms with E-state index in [1.807, 2.05) is 34.9 Å². The van der Waals surface area contributed by atoms with Crippen molar-refractivity contribution < 1.29 is 0 Å². The summed E-state index contributed by atoms with van der Waals surface area (Å²) < 4.78 is 2.74. The first-order chi connectivity index (χ1) is 9.36. The number of fused-ring (bicyclic) bond motifs is 2. The molecule has 0 fully saturated rings. The first-order valence-corrected chi connectivity index (χ1v) is 8.99. The van der Waals surface area contributed by atoms with Crippen LogP contribution in [0, 0.1) is 0 Å². The molecule has 3 heterocycles. The van der Waals surface area contributed by atoms with Crippen LogP contribution < -0.4 is 0 Å². The van der Waals surface area contributed by atoms with Gasteiger partial charge in [-0.2, -0.15) is 0 Å². The molecule has 2 aliphatic rings. The Labute approximate surface area is 124 Å². The van der Waals surface area contributed by atoms with Crippen molar-refractivity contribution in [2.24, 2.45) is 4.99 Å². The van der Waals surface area contributed by atoms with Gasteiger partial charge in [0, 0.05) is 11.2 Å². The third kappa shape index (κ3) is 1.83. The summed E-state index contributed by atoms with van der Waals surface area (Å²) in [6.07, 6.45) is 2.15. The van der Waals surface area contributed by atoms with Crippen LogP contribution in [0.5, 0.6) is 0 Å². The Balaban J connectivity index is 1.87. The van der Waals surface area contributed by atoms with E-state index in [2.05, 4.69) is 46.5 Å². The fraction of sp³-hybridized carbons (Fsp3) is 0.214. The van der Waals surface area contributed by atoms with Crippen LogP contribution in [0.1, 0.15) is 4.88 Å². The summed E-state index contributed by atoms with van der Waals surface area (Å²) >= 11 is 5.53. The topological polar surface area (TPSA) is 15.6 Å². The van der Waals surface area contributed by atoms with Gasteiger partial charge in [-0.15, -0.1) is 23.1 Å². The maximum absolute atomic E-state index is 4.58. The Morgan fingerprint density at radius 1 is 1.32 bits per heavy atom. The van der Waals surface area contributed by atoms with Gasteiger partial charge in [-0.25, -0.2) is 0 Å². The number of hydrogen-bond donors (Lipinski definition) is 0. The molecule has 0 aliphatic carbocycles. The summed E-state index contributed by atoms with van der Waals surface area (Å²) in [5.74, 6) is 0. The fourth-order valence-electron chi connectivity index (χ4n) is 2.43. The number of nitrogens with zero attached hydrogens (tertiary/aromatic N) is 2. The second-order valence-corrected chi connectivity index (χ2v) is 7.54. The van der Waals surface area contributed by atoms with Crippen LogP contribution in [0.15, 0.2) is 39.6 Å². The molecule has 0 spiro atoms. The van der Waals surface area contributed by atoms with Crippen molar-refractivity contribution in [2.45, 2.75) is 0 Å². The fourth-order valence-corrected chi connectivity index (χ4v) is 5.59. The van der Waals surface area contributed by atoms with Gasteiger partial charge in [-0.05, 0) is 35.5 Å². The monoisotopic (exact) mass is 304 g/mol. The lowest BCUT2D eigenvalue weighted by Crippen LogP contribution is -2.19. The van der Waals surface area contributed by atoms with Gasteiger partial charge in [0.05, 0.1) is 21.4 Å². The molecule has 0 radical (unpaired) electrons. The number of thioether (sulfide) groups is 2. The van der Waals surface area contributed by atoms with E-state index in [0.29, 0.717) is 0 Å². The third-order valence-electron chi connectivity index (χ3n) is 3.29. The standard InChI is InChI=1S/C14H12N2S3/c1-17-13-12(16-7-6-15-14(16)19-13)11-8-9-4-2-3-5-10(9)18-11/h2-5,8H,6-7H2,1H3. The molecule has 0 unspecified atom stereocenters. The van der Waals surface area contributed by atoms with Gasteiger partial charge in [-0.3, -0.25) is 4.99 Å². The summed E-state index contributed by atoms with van der Waals surface area (Å²) in [4.78, 5) is 8.32. The number of aliphatic imine (C=N–C) groups is 1. The molecular formula is C14H12N2S3. The Bertz CT molecular complexity index is 681. The zero-order chi connectivity index (χ0) is 12.8. The van der Waals surface area contributed by atoms with Gasteiger partial charge in [0.15, 0.2) is 5.17 Å². The third-order valence-corrected chi connectivity index (χ3v) is 6.64. The molecule has 4 rings (SSSR count). The van der Waals surface area contributed by atoms with Crippen LogP contribution in [-0.2, 0) is 0 Å². The lowest BCUT2D eigenvalue weighted by Gasteiger charge is -2.15. The van der Waals surface area contributed by atoms with E-state index < -0.39 is 0 Å². The molecule has 0 bridgehead atoms. The molecule has 0 saturated carbocycles. The van der Waals surface area contributed by atoms with E-state index in [0.717, 1.165) is 13.1 Å². The van der Waals surface area contributed by atoms with E-state index in [-0.39, 0.29) is 0 Å². The van der Waals surface area contributed by atoms with Crippen molar-refractivity contribution in [1.82, 2.24) is 4.90 Å². The van der Waals surface area contributed by atoms with Crippen molar-refractivity contribution in [3.05, 3.63) is 39.4 Å². The molecule has 2 aliphatic heterocycles. The lowest BCUT2D eigenvalue weighted by atomic mass is 10.2. The SMILES string of the molecule is CSC1=C(c2cc3ccccc3s2)N2CCN=C2S1. The zero-order valence-corrected chi connectivity index (χ0v) is 12.9. The maximum Gasteiger partial charge on any atom is 0.169 e. The largest absolute Gasteiger partial charge is 0.316 e. The molecular weight excluding hydrogens is 292 g/mol. The van der Waals surface area contributed by atoms with E-state index >= 15 is 0 Å². The maximum atomic E-state index is 4.58. The van der Waals surface area contributed by atoms with Gasteiger partial charge < -0.3 is 4.90 Å². The van der Waals surface area contributed by atoms with E-state index in [1.54, 1.807) is 0 Å². The molecule has 5 heteroatoms. The van der Waals surface area contributed by atoms with Crippen LogP contribution in [0.4, 0.5) is 0 Å². The van der Waals surface area contributed by atoms with Crippen molar-refractivity contribution in [3.63, 3.8) is 0 Å². The predicted molar refractivity (Wildman–Crippen MR) is 88.9 cm³/mol. The second kappa shape index (κ2) is 4.58. The van der Waals surface area contributed by atoms with E-state index in [4.69, 9.17) is 0 Å². The van der Waals surface area contributed by atoms with Crippen molar-refractivity contribution in [3.8, 4) is 0 Å². The molecule has 1 aromatic carbocycles. The Kier molecular flexibility index (Phi) is 2.86. The molecule has 0 N–H and O–H groups in total. The van der Waals surface area contributed by atoms with Gasteiger partial charge in [-0.1, -0.05) is 18.2 Å². The van der Waals surface area contributed by atoms with Crippen LogP contribution >= 0.6 is 34.9 Å². The van der Waals surface area contributed by atoms with E-state index in [1.165, 1.54) is 30.1 Å². The first-order valence-electron chi connectivity index (χ1n) is 6.14. The highest BCUT2D eigenvalue weighted by molar-refractivity contribution is 8.30. The number of hydrogen-bond acceptors (Lipinski definition) is 5. The summed E-state index contributed by atoms with van der Waals surface area (Å²) in [7, 11) is 0. The average molecular weight is 304 g/mol. The molecule has 1 aromatic heterocycles. The molecule has 0 amide bonds. The highest BCUT2D eigenvalue weighted by atomic mass is 32.2. The highest BCUT2D eigenvalue weighted by Crippen LogP contribution is 2.48. The number of thiophene rings is 1. The predicted octanol–water partition coefficient (Wildman–Crippen LogP) is 4.31. The highest BCUT2D eigenvalue weighted by Gasteiger charge is 2.33. The Morgan fingerprint density at radius 3 is 3.05 bits per heavy atom. The average Bonchev–Trinajstić information content (AvgIpc) is 3.10. The molecule has 2 nitrogen and oxygen atoms in total. The molecule has 0 saturated heterocycles. The zero-order valence-electron chi connectivity index (χ0n) is 10.4. The minimum Gasteiger partial charge on any atom is -0.316 e. The molecule has 0 atom stereocenters. The van der Waals surface area contributed by atoms with Crippen molar-refractivity contribution >= 4 is 55.8 Å². The Hall–Kier alpha value is -0.910. The minimum absolute atomic E-state index is 0.929. The molecule has 19 heavy (non-hydrogen) atoms. The van der Waals surface area contributed by atoms with Gasteiger partial charge >= 0.3 is 0 Å². The summed E-state index contributed by atoms with van der Waals surface area (Å²) in [6, 6.07) is 10.9. The summed E-state index contributed by atoms with van der Waals surface area (Å²) in [6.45, 7) is 1.95.